The number of aryl methyl sites for hydroxylation is 1. The van der Waals surface area contributed by atoms with E-state index in [1.807, 2.05) is 18.2 Å². The predicted molar refractivity (Wildman–Crippen MR) is 80.7 cm³/mol. The maximum atomic E-state index is 11.1. The number of rotatable bonds is 5. The second-order valence-corrected chi connectivity index (χ2v) is 4.48. The second-order valence-electron chi connectivity index (χ2n) is 4.48. The quantitative estimate of drug-likeness (QED) is 0.496. The van der Waals surface area contributed by atoms with Gasteiger partial charge in [-0.05, 0) is 29.7 Å². The monoisotopic (exact) mass is 271 g/mol. The molecule has 0 fully saturated rings. The van der Waals surface area contributed by atoms with Gasteiger partial charge in [-0.3, -0.25) is 10.1 Å². The summed E-state index contributed by atoms with van der Waals surface area (Å²) < 4.78 is 0. The Morgan fingerprint density at radius 2 is 1.85 bits per heavy atom. The van der Waals surface area contributed by atoms with Crippen LogP contribution in [0.3, 0.4) is 0 Å². The minimum absolute atomic E-state index is 0.0681. The lowest BCUT2D eigenvalue weighted by molar-refractivity contribution is -0.383. The number of benzene rings is 2. The first-order valence-electron chi connectivity index (χ1n) is 6.47. The third kappa shape index (κ3) is 2.88. The number of hydrogen-bond donors (Lipinski definition) is 2. The number of nitrogens with one attached hydrogen (secondary N) is 1. The molecule has 0 bridgehead atoms. The standard InChI is InChI=1S/C15H17N3O2/c1-2-11-6-3-4-7-12(11)10-17-14-9-5-8-13(16)15(14)18(19)20/h3-9,17H,2,10,16H2,1H3. The molecule has 0 aliphatic heterocycles. The molecule has 0 aliphatic carbocycles. The topological polar surface area (TPSA) is 81.2 Å². The number of nitrogen functional groups attached to an aromatic ring is 1. The Balaban J connectivity index is 2.23. The van der Waals surface area contributed by atoms with E-state index in [4.69, 9.17) is 5.73 Å². The average molecular weight is 271 g/mol. The van der Waals surface area contributed by atoms with Crippen LogP contribution in [0.4, 0.5) is 17.1 Å². The van der Waals surface area contributed by atoms with Crippen molar-refractivity contribution in [1.29, 1.82) is 0 Å². The van der Waals surface area contributed by atoms with E-state index < -0.39 is 4.92 Å². The first-order chi connectivity index (χ1) is 9.63. The number of nitrogens with zero attached hydrogens (tertiary/aromatic N) is 1. The highest BCUT2D eigenvalue weighted by molar-refractivity contribution is 5.74. The van der Waals surface area contributed by atoms with Crippen LogP contribution in [-0.2, 0) is 13.0 Å². The number of para-hydroxylation sites is 1. The minimum Gasteiger partial charge on any atom is -0.393 e. The Hall–Kier alpha value is -2.56. The van der Waals surface area contributed by atoms with E-state index in [1.165, 1.54) is 11.6 Å². The van der Waals surface area contributed by atoms with Gasteiger partial charge < -0.3 is 11.1 Å². The molecule has 0 amide bonds. The van der Waals surface area contributed by atoms with Gasteiger partial charge in [-0.1, -0.05) is 37.3 Å². The summed E-state index contributed by atoms with van der Waals surface area (Å²) in [5, 5.41) is 14.2. The average Bonchev–Trinajstić information content (AvgIpc) is 2.45. The molecule has 5 heteroatoms. The molecular formula is C15H17N3O2. The summed E-state index contributed by atoms with van der Waals surface area (Å²) in [5.74, 6) is 0. The van der Waals surface area contributed by atoms with Crippen LogP contribution in [0.15, 0.2) is 42.5 Å². The molecule has 2 aromatic rings. The van der Waals surface area contributed by atoms with E-state index >= 15 is 0 Å². The Labute approximate surface area is 117 Å². The maximum absolute atomic E-state index is 11.1. The van der Waals surface area contributed by atoms with E-state index in [1.54, 1.807) is 12.1 Å². The first-order valence-corrected chi connectivity index (χ1v) is 6.47. The summed E-state index contributed by atoms with van der Waals surface area (Å²) in [6.07, 6.45) is 0.927. The third-order valence-corrected chi connectivity index (χ3v) is 3.22. The molecule has 0 atom stereocenters. The van der Waals surface area contributed by atoms with Crippen LogP contribution in [0.1, 0.15) is 18.1 Å². The van der Waals surface area contributed by atoms with Crippen molar-refractivity contribution in [1.82, 2.24) is 0 Å². The highest BCUT2D eigenvalue weighted by Gasteiger charge is 2.17. The summed E-state index contributed by atoms with van der Waals surface area (Å²) >= 11 is 0. The molecule has 5 nitrogen and oxygen atoms in total. The summed E-state index contributed by atoms with van der Waals surface area (Å²) in [5.41, 5.74) is 8.57. The molecule has 104 valence electrons. The van der Waals surface area contributed by atoms with Crippen molar-refractivity contribution < 1.29 is 4.92 Å². The Kier molecular flexibility index (Phi) is 4.20. The number of nitrogens with two attached hydrogens (primary N) is 1. The van der Waals surface area contributed by atoms with Crippen LogP contribution in [0.5, 0.6) is 0 Å². The molecule has 3 N–H and O–H groups in total. The number of nitro groups is 1. The van der Waals surface area contributed by atoms with Crippen molar-refractivity contribution in [2.45, 2.75) is 19.9 Å². The highest BCUT2D eigenvalue weighted by atomic mass is 16.6. The van der Waals surface area contributed by atoms with Crippen molar-refractivity contribution in [2.24, 2.45) is 0 Å². The molecule has 0 radical (unpaired) electrons. The van der Waals surface area contributed by atoms with Gasteiger partial charge in [0.1, 0.15) is 11.4 Å². The Bertz CT molecular complexity index is 626. The van der Waals surface area contributed by atoms with E-state index in [-0.39, 0.29) is 11.4 Å². The fourth-order valence-electron chi connectivity index (χ4n) is 2.17. The zero-order chi connectivity index (χ0) is 14.5. The van der Waals surface area contributed by atoms with Crippen molar-refractivity contribution >= 4 is 17.1 Å². The lowest BCUT2D eigenvalue weighted by atomic mass is 10.1. The molecule has 0 heterocycles. The van der Waals surface area contributed by atoms with Crippen molar-refractivity contribution in [3.8, 4) is 0 Å². The Morgan fingerprint density at radius 3 is 2.50 bits per heavy atom. The number of hydrogen-bond acceptors (Lipinski definition) is 4. The molecule has 0 unspecified atom stereocenters. The molecule has 0 aliphatic rings. The van der Waals surface area contributed by atoms with Gasteiger partial charge in [0.15, 0.2) is 0 Å². The van der Waals surface area contributed by atoms with Gasteiger partial charge >= 0.3 is 5.69 Å². The molecular weight excluding hydrogens is 254 g/mol. The van der Waals surface area contributed by atoms with E-state index in [9.17, 15) is 10.1 Å². The maximum Gasteiger partial charge on any atom is 0.314 e. The molecule has 0 aromatic heterocycles. The van der Waals surface area contributed by atoms with Crippen LogP contribution in [-0.4, -0.2) is 4.92 Å². The summed E-state index contributed by atoms with van der Waals surface area (Å²) in [7, 11) is 0. The van der Waals surface area contributed by atoms with Gasteiger partial charge in [0.2, 0.25) is 0 Å². The van der Waals surface area contributed by atoms with Gasteiger partial charge in [0.05, 0.1) is 4.92 Å². The molecule has 0 saturated heterocycles. The van der Waals surface area contributed by atoms with Crippen LogP contribution in [0.25, 0.3) is 0 Å². The smallest absolute Gasteiger partial charge is 0.314 e. The summed E-state index contributed by atoms with van der Waals surface area (Å²) in [6, 6.07) is 12.9. The lowest BCUT2D eigenvalue weighted by Gasteiger charge is -2.11. The third-order valence-electron chi connectivity index (χ3n) is 3.22. The summed E-state index contributed by atoms with van der Waals surface area (Å²) in [6.45, 7) is 2.62. The minimum atomic E-state index is -0.455. The zero-order valence-corrected chi connectivity index (χ0v) is 11.3. The van der Waals surface area contributed by atoms with Gasteiger partial charge in [-0.15, -0.1) is 0 Å². The largest absolute Gasteiger partial charge is 0.393 e. The van der Waals surface area contributed by atoms with Crippen molar-refractivity contribution in [2.75, 3.05) is 11.1 Å². The van der Waals surface area contributed by atoms with Gasteiger partial charge in [0.25, 0.3) is 0 Å². The van der Waals surface area contributed by atoms with E-state index in [2.05, 4.69) is 18.3 Å². The molecule has 20 heavy (non-hydrogen) atoms. The SMILES string of the molecule is CCc1ccccc1CNc1cccc(N)c1[N+](=O)[O-]. The molecule has 2 rings (SSSR count). The van der Waals surface area contributed by atoms with Crippen molar-refractivity contribution in [3.05, 3.63) is 63.7 Å². The fourth-order valence-corrected chi connectivity index (χ4v) is 2.17. The van der Waals surface area contributed by atoms with E-state index in [0.29, 0.717) is 12.2 Å². The van der Waals surface area contributed by atoms with Crippen LogP contribution < -0.4 is 11.1 Å². The Morgan fingerprint density at radius 1 is 1.15 bits per heavy atom. The number of nitro benzene ring substituents is 1. The predicted octanol–water partition coefficient (Wildman–Crippen LogP) is 3.35. The van der Waals surface area contributed by atoms with Crippen LogP contribution in [0.2, 0.25) is 0 Å². The van der Waals surface area contributed by atoms with Crippen LogP contribution in [0, 0.1) is 10.1 Å². The molecule has 2 aromatic carbocycles. The van der Waals surface area contributed by atoms with E-state index in [0.717, 1.165) is 12.0 Å². The summed E-state index contributed by atoms with van der Waals surface area (Å²) in [4.78, 5) is 10.6. The molecule has 0 saturated carbocycles. The van der Waals surface area contributed by atoms with Crippen LogP contribution >= 0.6 is 0 Å². The molecule has 0 spiro atoms. The highest BCUT2D eigenvalue weighted by Crippen LogP contribution is 2.30. The fraction of sp³-hybridized carbons (Fsp3) is 0.200. The second kappa shape index (κ2) is 6.06. The lowest BCUT2D eigenvalue weighted by Crippen LogP contribution is -2.06. The van der Waals surface area contributed by atoms with Gasteiger partial charge in [-0.2, -0.15) is 0 Å². The normalized spacial score (nSPS) is 10.2. The van der Waals surface area contributed by atoms with Gasteiger partial charge in [0, 0.05) is 6.54 Å². The zero-order valence-electron chi connectivity index (χ0n) is 11.3. The van der Waals surface area contributed by atoms with Crippen molar-refractivity contribution in [3.63, 3.8) is 0 Å². The number of anilines is 2. The van der Waals surface area contributed by atoms with Gasteiger partial charge in [-0.25, -0.2) is 0 Å². The first kappa shape index (κ1) is 13.9.